The fraction of sp³-hybridized carbons (Fsp3) is 0.857. The summed E-state index contributed by atoms with van der Waals surface area (Å²) in [6.45, 7) is 5.08. The zero-order chi connectivity index (χ0) is 14.1. The van der Waals surface area contributed by atoms with Crippen molar-refractivity contribution in [3.63, 3.8) is 0 Å². The van der Waals surface area contributed by atoms with Gasteiger partial charge < -0.3 is 15.3 Å². The van der Waals surface area contributed by atoms with E-state index < -0.39 is 11.4 Å². The Labute approximate surface area is 114 Å². The topological polar surface area (TPSA) is 69.6 Å². The predicted octanol–water partition coefficient (Wildman–Crippen LogP) is 2.22. The van der Waals surface area contributed by atoms with E-state index in [1.807, 2.05) is 6.92 Å². The van der Waals surface area contributed by atoms with Gasteiger partial charge in [-0.15, -0.1) is 0 Å². The number of urea groups is 1. The van der Waals surface area contributed by atoms with Crippen LogP contribution in [0.5, 0.6) is 0 Å². The maximum absolute atomic E-state index is 12.1. The number of nitrogens with one attached hydrogen (secondary N) is 1. The lowest BCUT2D eigenvalue weighted by Crippen LogP contribution is -2.57. The van der Waals surface area contributed by atoms with Gasteiger partial charge in [0.25, 0.3) is 0 Å². The second kappa shape index (κ2) is 5.02. The molecular formula is C14H24N2O3. The molecule has 2 amide bonds. The maximum Gasteiger partial charge on any atom is 0.317 e. The van der Waals surface area contributed by atoms with Crippen molar-refractivity contribution in [1.29, 1.82) is 0 Å². The molecule has 1 heterocycles. The normalized spacial score (nSPS) is 24.4. The van der Waals surface area contributed by atoms with Crippen LogP contribution in [-0.2, 0) is 4.79 Å². The Morgan fingerprint density at radius 3 is 2.16 bits per heavy atom. The van der Waals surface area contributed by atoms with Gasteiger partial charge in [-0.2, -0.15) is 0 Å². The van der Waals surface area contributed by atoms with E-state index in [9.17, 15) is 14.7 Å². The minimum atomic E-state index is -0.721. The second-order valence-corrected chi connectivity index (χ2v) is 6.27. The third kappa shape index (κ3) is 2.69. The van der Waals surface area contributed by atoms with Gasteiger partial charge in [0.1, 0.15) is 0 Å². The summed E-state index contributed by atoms with van der Waals surface area (Å²) >= 11 is 0. The zero-order valence-corrected chi connectivity index (χ0v) is 11.9. The number of carboxylic acid groups (broad SMARTS) is 1. The molecule has 0 unspecified atom stereocenters. The van der Waals surface area contributed by atoms with Gasteiger partial charge in [-0.1, -0.05) is 6.92 Å². The average Bonchev–Trinajstić information content (AvgIpc) is 2.36. The first-order valence-corrected chi connectivity index (χ1v) is 7.21. The van der Waals surface area contributed by atoms with Crippen molar-refractivity contribution >= 4 is 12.0 Å². The van der Waals surface area contributed by atoms with Gasteiger partial charge in [0.15, 0.2) is 0 Å². The Hall–Kier alpha value is -1.26. The molecule has 1 saturated carbocycles. The number of aliphatic carboxylic acids is 1. The number of piperidine rings is 1. The third-order valence-corrected chi connectivity index (χ3v) is 5.00. The van der Waals surface area contributed by atoms with Crippen molar-refractivity contribution in [3.05, 3.63) is 0 Å². The smallest absolute Gasteiger partial charge is 0.317 e. The van der Waals surface area contributed by atoms with Gasteiger partial charge in [-0.05, 0) is 45.4 Å². The number of carbonyl (C=O) groups is 2. The summed E-state index contributed by atoms with van der Waals surface area (Å²) in [5, 5.41) is 12.4. The molecule has 0 bridgehead atoms. The molecule has 108 valence electrons. The number of likely N-dealkylation sites (tertiary alicyclic amines) is 1. The maximum atomic E-state index is 12.1. The van der Waals surface area contributed by atoms with Gasteiger partial charge in [-0.25, -0.2) is 4.79 Å². The number of carbonyl (C=O) groups excluding carboxylic acids is 1. The number of nitrogens with zero attached hydrogens (tertiary/aromatic N) is 1. The number of amides is 2. The third-order valence-electron chi connectivity index (χ3n) is 5.00. The standard InChI is InChI=1S/C14H24N2O3/c1-3-14(11(17)18)7-9-16(10-8-14)12(19)15-13(2)5-4-6-13/h3-10H2,1-2H3,(H,15,19)(H,17,18). The van der Waals surface area contributed by atoms with Gasteiger partial charge in [0.2, 0.25) is 0 Å². The molecule has 0 spiro atoms. The molecule has 1 aliphatic heterocycles. The number of hydrogen-bond acceptors (Lipinski definition) is 2. The molecule has 1 aliphatic carbocycles. The highest BCUT2D eigenvalue weighted by atomic mass is 16.4. The Bertz CT molecular complexity index is 369. The molecule has 2 N–H and O–H groups in total. The lowest BCUT2D eigenvalue weighted by atomic mass is 9.76. The molecule has 0 aromatic rings. The van der Waals surface area contributed by atoms with Crippen LogP contribution in [0.15, 0.2) is 0 Å². The Morgan fingerprint density at radius 2 is 1.79 bits per heavy atom. The van der Waals surface area contributed by atoms with E-state index in [2.05, 4.69) is 12.2 Å². The summed E-state index contributed by atoms with van der Waals surface area (Å²) in [6, 6.07) is -0.0303. The van der Waals surface area contributed by atoms with Crippen LogP contribution in [-0.4, -0.2) is 40.6 Å². The molecule has 2 rings (SSSR count). The van der Waals surface area contributed by atoms with E-state index in [1.165, 1.54) is 6.42 Å². The van der Waals surface area contributed by atoms with Crippen molar-refractivity contribution in [1.82, 2.24) is 10.2 Å². The summed E-state index contributed by atoms with van der Waals surface area (Å²) in [4.78, 5) is 25.3. The highest BCUT2D eigenvalue weighted by Crippen LogP contribution is 2.36. The van der Waals surface area contributed by atoms with Crippen molar-refractivity contribution in [2.45, 2.75) is 57.9 Å². The van der Waals surface area contributed by atoms with E-state index in [0.29, 0.717) is 32.4 Å². The summed E-state index contributed by atoms with van der Waals surface area (Å²) < 4.78 is 0. The average molecular weight is 268 g/mol. The fourth-order valence-corrected chi connectivity index (χ4v) is 3.03. The Kier molecular flexibility index (Phi) is 3.74. The van der Waals surface area contributed by atoms with Gasteiger partial charge in [0.05, 0.1) is 5.41 Å². The summed E-state index contributed by atoms with van der Waals surface area (Å²) in [5.41, 5.74) is -0.666. The first-order valence-electron chi connectivity index (χ1n) is 7.21. The zero-order valence-electron chi connectivity index (χ0n) is 11.9. The predicted molar refractivity (Wildman–Crippen MR) is 72.0 cm³/mol. The SMILES string of the molecule is CCC1(C(=O)O)CCN(C(=O)NC2(C)CCC2)CC1. The van der Waals surface area contributed by atoms with E-state index in [-0.39, 0.29) is 11.6 Å². The second-order valence-electron chi connectivity index (χ2n) is 6.27. The van der Waals surface area contributed by atoms with Crippen LogP contribution in [0.3, 0.4) is 0 Å². The van der Waals surface area contributed by atoms with Gasteiger partial charge in [-0.3, -0.25) is 4.79 Å². The van der Waals surface area contributed by atoms with Crippen LogP contribution in [0.2, 0.25) is 0 Å². The van der Waals surface area contributed by atoms with Crippen LogP contribution in [0.1, 0.15) is 52.4 Å². The van der Waals surface area contributed by atoms with E-state index in [1.54, 1.807) is 4.90 Å². The lowest BCUT2D eigenvalue weighted by Gasteiger charge is -2.43. The van der Waals surface area contributed by atoms with Crippen molar-refractivity contribution in [3.8, 4) is 0 Å². The van der Waals surface area contributed by atoms with Crippen LogP contribution in [0.25, 0.3) is 0 Å². The number of rotatable bonds is 3. The van der Waals surface area contributed by atoms with Crippen molar-refractivity contribution in [2.24, 2.45) is 5.41 Å². The molecule has 0 radical (unpaired) electrons. The molecule has 2 aliphatic rings. The fourth-order valence-electron chi connectivity index (χ4n) is 3.03. The van der Waals surface area contributed by atoms with Crippen LogP contribution < -0.4 is 5.32 Å². The highest BCUT2D eigenvalue weighted by Gasteiger charge is 2.42. The number of carboxylic acids is 1. The molecule has 0 atom stereocenters. The van der Waals surface area contributed by atoms with Crippen molar-refractivity contribution in [2.75, 3.05) is 13.1 Å². The Balaban J connectivity index is 1.89. The Morgan fingerprint density at radius 1 is 1.21 bits per heavy atom. The quantitative estimate of drug-likeness (QED) is 0.824. The summed E-state index contributed by atoms with van der Waals surface area (Å²) in [6.07, 6.45) is 5.01. The van der Waals surface area contributed by atoms with E-state index in [0.717, 1.165) is 12.8 Å². The molecule has 19 heavy (non-hydrogen) atoms. The summed E-state index contributed by atoms with van der Waals surface area (Å²) in [7, 11) is 0. The largest absolute Gasteiger partial charge is 0.481 e. The minimum Gasteiger partial charge on any atom is -0.481 e. The van der Waals surface area contributed by atoms with Crippen LogP contribution >= 0.6 is 0 Å². The highest BCUT2D eigenvalue weighted by molar-refractivity contribution is 5.77. The monoisotopic (exact) mass is 268 g/mol. The molecule has 2 fully saturated rings. The molecule has 5 nitrogen and oxygen atoms in total. The summed E-state index contributed by atoms with van der Waals surface area (Å²) in [5.74, 6) is -0.721. The van der Waals surface area contributed by atoms with Crippen molar-refractivity contribution < 1.29 is 14.7 Å². The molecule has 5 heteroatoms. The minimum absolute atomic E-state index is 0.0303. The van der Waals surface area contributed by atoms with Crippen LogP contribution in [0, 0.1) is 5.41 Å². The lowest BCUT2D eigenvalue weighted by molar-refractivity contribution is -0.152. The molecule has 0 aromatic carbocycles. The van der Waals surface area contributed by atoms with E-state index >= 15 is 0 Å². The first kappa shape index (κ1) is 14.2. The molecular weight excluding hydrogens is 244 g/mol. The van der Waals surface area contributed by atoms with Gasteiger partial charge >= 0.3 is 12.0 Å². The molecule has 0 aromatic heterocycles. The van der Waals surface area contributed by atoms with E-state index in [4.69, 9.17) is 0 Å². The number of hydrogen-bond donors (Lipinski definition) is 2. The molecule has 1 saturated heterocycles. The first-order chi connectivity index (χ1) is 8.91. The van der Waals surface area contributed by atoms with Gasteiger partial charge in [0, 0.05) is 18.6 Å². The van der Waals surface area contributed by atoms with Crippen LogP contribution in [0.4, 0.5) is 4.79 Å².